The van der Waals surface area contributed by atoms with E-state index in [0.717, 1.165) is 43.6 Å². The number of carbonyl (C=O) groups excluding carboxylic acids is 2. The maximum Gasteiger partial charge on any atom is 0.345 e. The number of pyridine rings is 1. The minimum atomic E-state index is -2.36. The van der Waals surface area contributed by atoms with Crippen molar-refractivity contribution in [3.05, 3.63) is 177 Å². The van der Waals surface area contributed by atoms with E-state index in [1.54, 1.807) is 60.7 Å². The number of ether oxygens (including phenoxy) is 1. The molecular formula is C50H53N5O9. The molecule has 2 heterocycles. The zero-order valence-corrected chi connectivity index (χ0v) is 35.3. The normalized spacial score (nSPS) is 14.7. The maximum atomic E-state index is 12.9. The van der Waals surface area contributed by atoms with Gasteiger partial charge in [-0.15, -0.1) is 0 Å². The number of carboxylic acids is 1. The summed E-state index contributed by atoms with van der Waals surface area (Å²) in [6, 6.07) is 36.5. The van der Waals surface area contributed by atoms with Gasteiger partial charge in [0.2, 0.25) is 11.2 Å². The van der Waals surface area contributed by atoms with E-state index in [-0.39, 0.29) is 60.3 Å². The third kappa shape index (κ3) is 11.2. The summed E-state index contributed by atoms with van der Waals surface area (Å²) in [4.78, 5) is 55.1. The van der Waals surface area contributed by atoms with E-state index < -0.39 is 23.6 Å². The summed E-state index contributed by atoms with van der Waals surface area (Å²) in [7, 11) is 0. The molecular weight excluding hydrogens is 815 g/mol. The summed E-state index contributed by atoms with van der Waals surface area (Å²) >= 11 is 0. The molecule has 8 N–H and O–H groups in total. The number of hydrogen-bond acceptors (Lipinski definition) is 10. The van der Waals surface area contributed by atoms with Gasteiger partial charge in [-0.3, -0.25) is 19.3 Å². The molecule has 7 rings (SSSR count). The van der Waals surface area contributed by atoms with Crippen molar-refractivity contribution in [2.45, 2.75) is 44.1 Å². The molecule has 332 valence electrons. The number of aromatic nitrogens is 1. The third-order valence-corrected chi connectivity index (χ3v) is 11.7. The number of benzene rings is 5. The van der Waals surface area contributed by atoms with Gasteiger partial charge >= 0.3 is 5.97 Å². The number of piperidine rings is 1. The number of phenolic OH excluding ortho intramolecular Hbond substituents is 1. The van der Waals surface area contributed by atoms with Crippen LogP contribution >= 0.6 is 0 Å². The summed E-state index contributed by atoms with van der Waals surface area (Å²) in [5.74, 6) is -1.74. The number of aliphatic carboxylic acids is 1. The average Bonchev–Trinajstić information content (AvgIpc) is 3.31. The SMILES string of the molecule is O=C(COc1cccc([C@@](O)(C(=O)O)c2ccccc2CC2CCN(Cc3ccccc3)CC2)c1)NCCNC(=O)c1ccc(CNC[C@H](O)c2ccc(O)c3[nH]c(=O)ccc23)cc1. The van der Waals surface area contributed by atoms with Crippen LogP contribution in [0.3, 0.4) is 0 Å². The molecule has 1 aliphatic heterocycles. The van der Waals surface area contributed by atoms with Crippen LogP contribution in [0, 0.1) is 5.92 Å². The third-order valence-electron chi connectivity index (χ3n) is 11.7. The van der Waals surface area contributed by atoms with Gasteiger partial charge in [-0.2, -0.15) is 0 Å². The highest BCUT2D eigenvalue weighted by molar-refractivity contribution is 5.94. The zero-order valence-electron chi connectivity index (χ0n) is 35.3. The van der Waals surface area contributed by atoms with Crippen molar-refractivity contribution in [1.82, 2.24) is 25.8 Å². The van der Waals surface area contributed by atoms with E-state index in [9.17, 15) is 39.6 Å². The van der Waals surface area contributed by atoms with Gasteiger partial charge in [0.05, 0.1) is 11.6 Å². The van der Waals surface area contributed by atoms with Gasteiger partial charge in [-0.1, -0.05) is 84.9 Å². The minimum Gasteiger partial charge on any atom is -0.506 e. The molecule has 14 heteroatoms. The van der Waals surface area contributed by atoms with Gasteiger partial charge in [-0.25, -0.2) is 4.79 Å². The number of nitrogens with one attached hydrogen (secondary N) is 4. The van der Waals surface area contributed by atoms with Gasteiger partial charge in [0.15, 0.2) is 6.61 Å². The van der Waals surface area contributed by atoms with Crippen molar-refractivity contribution < 1.29 is 39.5 Å². The standard InChI is InChI=1S/C50H53N5O9/c56-43-19-17-40(41-18-20-45(58)54-47(41)43)44(57)30-51-29-34-13-15-36(16-14-34)48(60)53-24-23-52-46(59)32-64-39-11-6-10-38(28-39)50(63,49(61)62)42-12-5-4-9-37(42)27-33-21-25-55(26-22-33)31-35-7-2-1-3-8-35/h1-20,28,33,44,51,56-57,63H,21-27,29-32H2,(H,52,59)(H,53,60)(H,54,58)(H,61,62)/t44-,50-/m0/s1. The lowest BCUT2D eigenvalue weighted by molar-refractivity contribution is -0.155. The number of amides is 2. The van der Waals surface area contributed by atoms with Crippen LogP contribution in [0.15, 0.2) is 132 Å². The number of likely N-dealkylation sites (tertiary alicyclic amines) is 1. The largest absolute Gasteiger partial charge is 0.506 e. The van der Waals surface area contributed by atoms with E-state index in [1.807, 2.05) is 30.3 Å². The topological polar surface area (TPSA) is 214 Å². The number of H-pyrrole nitrogens is 1. The molecule has 5 aromatic carbocycles. The number of carboxylic acid groups (broad SMARTS) is 1. The van der Waals surface area contributed by atoms with Gasteiger partial charge in [0, 0.05) is 60.9 Å². The molecule has 0 bridgehead atoms. The second kappa shape index (κ2) is 21.0. The average molecular weight is 868 g/mol. The molecule has 0 aliphatic carbocycles. The highest BCUT2D eigenvalue weighted by Gasteiger charge is 2.42. The Kier molecular flexibility index (Phi) is 14.8. The first-order chi connectivity index (χ1) is 31.0. The zero-order chi connectivity index (χ0) is 45.1. The number of aliphatic hydroxyl groups is 2. The van der Waals surface area contributed by atoms with E-state index in [2.05, 4.69) is 38.0 Å². The molecule has 14 nitrogen and oxygen atoms in total. The van der Waals surface area contributed by atoms with Crippen LogP contribution in [0.4, 0.5) is 0 Å². The lowest BCUT2D eigenvalue weighted by Crippen LogP contribution is -2.38. The number of rotatable bonds is 19. The second-order valence-electron chi connectivity index (χ2n) is 16.1. The van der Waals surface area contributed by atoms with E-state index >= 15 is 0 Å². The predicted octanol–water partition coefficient (Wildman–Crippen LogP) is 4.76. The Morgan fingerprint density at radius 3 is 2.33 bits per heavy atom. The number of phenols is 1. The van der Waals surface area contributed by atoms with Gasteiger partial charge in [0.1, 0.15) is 11.5 Å². The summed E-state index contributed by atoms with van der Waals surface area (Å²) in [6.07, 6.45) is 1.64. The number of nitrogens with zero attached hydrogens (tertiary/aromatic N) is 1. The van der Waals surface area contributed by atoms with Crippen molar-refractivity contribution in [2.75, 3.05) is 39.3 Å². The monoisotopic (exact) mass is 867 g/mol. The molecule has 0 radical (unpaired) electrons. The van der Waals surface area contributed by atoms with Crippen molar-refractivity contribution in [3.63, 3.8) is 0 Å². The highest BCUT2D eigenvalue weighted by atomic mass is 16.5. The Balaban J connectivity index is 0.846. The van der Waals surface area contributed by atoms with Crippen molar-refractivity contribution in [1.29, 1.82) is 0 Å². The highest BCUT2D eigenvalue weighted by Crippen LogP contribution is 2.36. The Hall–Kier alpha value is -6.84. The summed E-state index contributed by atoms with van der Waals surface area (Å²) in [6.45, 7) is 3.29. The van der Waals surface area contributed by atoms with E-state index in [0.29, 0.717) is 41.0 Å². The fourth-order valence-corrected chi connectivity index (χ4v) is 8.22. The lowest BCUT2D eigenvalue weighted by Gasteiger charge is -2.33. The molecule has 0 saturated carbocycles. The van der Waals surface area contributed by atoms with Crippen LogP contribution in [0.2, 0.25) is 0 Å². The Morgan fingerprint density at radius 2 is 1.56 bits per heavy atom. The molecule has 2 amide bonds. The van der Waals surface area contributed by atoms with Crippen LogP contribution < -0.4 is 26.2 Å². The molecule has 6 aromatic rings. The quantitative estimate of drug-likeness (QED) is 0.0520. The summed E-state index contributed by atoms with van der Waals surface area (Å²) in [5, 5.41) is 52.6. The van der Waals surface area contributed by atoms with Crippen molar-refractivity contribution >= 4 is 28.7 Å². The fraction of sp³-hybridized carbons (Fsp3) is 0.280. The Morgan fingerprint density at radius 1 is 0.828 bits per heavy atom. The first-order valence-electron chi connectivity index (χ1n) is 21.4. The molecule has 1 fully saturated rings. The number of fused-ring (bicyclic) bond motifs is 1. The number of aromatic hydroxyl groups is 1. The van der Waals surface area contributed by atoms with E-state index in [1.165, 1.54) is 29.8 Å². The van der Waals surface area contributed by atoms with Gasteiger partial charge in [-0.05, 0) is 96.9 Å². The van der Waals surface area contributed by atoms with Gasteiger partial charge < -0.3 is 46.1 Å². The smallest absolute Gasteiger partial charge is 0.345 e. The van der Waals surface area contributed by atoms with Crippen LogP contribution in [0.25, 0.3) is 10.9 Å². The first-order valence-corrected chi connectivity index (χ1v) is 21.4. The van der Waals surface area contributed by atoms with E-state index in [4.69, 9.17) is 4.74 Å². The molecule has 1 aliphatic rings. The van der Waals surface area contributed by atoms with Crippen LogP contribution in [-0.2, 0) is 34.7 Å². The lowest BCUT2D eigenvalue weighted by atomic mass is 9.80. The molecule has 1 saturated heterocycles. The number of aromatic amines is 1. The molecule has 0 unspecified atom stereocenters. The number of carbonyl (C=O) groups is 3. The molecule has 0 spiro atoms. The Labute approximate surface area is 370 Å². The van der Waals surface area contributed by atoms with Crippen LogP contribution in [-0.4, -0.2) is 87.4 Å². The second-order valence-corrected chi connectivity index (χ2v) is 16.1. The van der Waals surface area contributed by atoms with Gasteiger partial charge in [0.25, 0.3) is 11.8 Å². The van der Waals surface area contributed by atoms with Crippen molar-refractivity contribution in [3.8, 4) is 11.5 Å². The van der Waals surface area contributed by atoms with Crippen molar-refractivity contribution in [2.24, 2.45) is 5.92 Å². The molecule has 1 aromatic heterocycles. The number of aliphatic hydroxyl groups excluding tert-OH is 1. The van der Waals surface area contributed by atoms with Crippen LogP contribution in [0.1, 0.15) is 62.7 Å². The molecule has 64 heavy (non-hydrogen) atoms. The molecule has 2 atom stereocenters. The summed E-state index contributed by atoms with van der Waals surface area (Å²) < 4.78 is 5.72. The predicted molar refractivity (Wildman–Crippen MR) is 242 cm³/mol. The minimum absolute atomic E-state index is 0.0830. The number of hydrogen-bond donors (Lipinski definition) is 8. The van der Waals surface area contributed by atoms with Crippen LogP contribution in [0.5, 0.6) is 11.5 Å². The summed E-state index contributed by atoms with van der Waals surface area (Å²) in [5.41, 5.74) is 1.85. The Bertz CT molecular complexity index is 2610. The maximum absolute atomic E-state index is 12.9. The first kappa shape index (κ1) is 45.2. The fourth-order valence-electron chi connectivity index (χ4n) is 8.22.